The molecular weight excluding hydrogens is 184 g/mol. The second kappa shape index (κ2) is 3.04. The molecule has 0 atom stereocenters. The molecule has 3 rings (SSSR count). The molecule has 1 saturated carbocycles. The van der Waals surface area contributed by atoms with E-state index in [1.54, 1.807) is 0 Å². The minimum atomic E-state index is 0.247. The number of pyridine rings is 1. The summed E-state index contributed by atoms with van der Waals surface area (Å²) in [7, 11) is 0. The van der Waals surface area contributed by atoms with E-state index in [1.807, 2.05) is 18.3 Å². The van der Waals surface area contributed by atoms with Crippen molar-refractivity contribution >= 4 is 10.9 Å². The summed E-state index contributed by atoms with van der Waals surface area (Å²) >= 11 is 0. The quantitative estimate of drug-likeness (QED) is 0.803. The van der Waals surface area contributed by atoms with Gasteiger partial charge in [-0.3, -0.25) is 4.98 Å². The molecule has 2 heteroatoms. The van der Waals surface area contributed by atoms with E-state index in [0.29, 0.717) is 0 Å². The second-order valence-electron chi connectivity index (χ2n) is 4.40. The number of benzene rings is 1. The van der Waals surface area contributed by atoms with Crippen LogP contribution >= 0.6 is 0 Å². The number of hydrogen-bond donors (Lipinski definition) is 1. The Morgan fingerprint density at radius 2 is 2.07 bits per heavy atom. The fraction of sp³-hybridized carbons (Fsp3) is 0.308. The molecule has 0 radical (unpaired) electrons. The van der Waals surface area contributed by atoms with Crippen molar-refractivity contribution < 1.29 is 0 Å². The summed E-state index contributed by atoms with van der Waals surface area (Å²) in [6.07, 6.45) is 4.41. The van der Waals surface area contributed by atoms with Gasteiger partial charge in [-0.2, -0.15) is 0 Å². The molecule has 1 heterocycles. The first-order chi connectivity index (χ1) is 7.34. The van der Waals surface area contributed by atoms with Gasteiger partial charge in [0.2, 0.25) is 0 Å². The minimum absolute atomic E-state index is 0.247. The van der Waals surface area contributed by atoms with E-state index in [9.17, 15) is 0 Å². The van der Waals surface area contributed by atoms with Gasteiger partial charge >= 0.3 is 0 Å². The van der Waals surface area contributed by atoms with Crippen molar-refractivity contribution in [3.63, 3.8) is 0 Å². The molecule has 1 fully saturated rings. The number of nitrogens with two attached hydrogens (primary N) is 1. The smallest absolute Gasteiger partial charge is 0.0702 e. The van der Waals surface area contributed by atoms with Gasteiger partial charge in [-0.1, -0.05) is 18.2 Å². The van der Waals surface area contributed by atoms with Gasteiger partial charge in [-0.15, -0.1) is 0 Å². The number of hydrogen-bond acceptors (Lipinski definition) is 2. The van der Waals surface area contributed by atoms with Crippen LogP contribution in [0.15, 0.2) is 36.5 Å². The number of fused-ring (bicyclic) bond motifs is 1. The van der Waals surface area contributed by atoms with E-state index >= 15 is 0 Å². The monoisotopic (exact) mass is 198 g/mol. The zero-order valence-corrected chi connectivity index (χ0v) is 8.61. The van der Waals surface area contributed by atoms with Gasteiger partial charge in [0, 0.05) is 23.5 Å². The van der Waals surface area contributed by atoms with Crippen molar-refractivity contribution in [2.75, 3.05) is 6.54 Å². The van der Waals surface area contributed by atoms with E-state index in [-0.39, 0.29) is 5.41 Å². The van der Waals surface area contributed by atoms with Crippen LogP contribution < -0.4 is 5.73 Å². The van der Waals surface area contributed by atoms with Crippen molar-refractivity contribution in [2.45, 2.75) is 18.3 Å². The molecule has 1 aliphatic rings. The number of nitrogens with zero attached hydrogens (tertiary/aromatic N) is 1. The molecule has 15 heavy (non-hydrogen) atoms. The number of rotatable bonds is 2. The highest BCUT2D eigenvalue weighted by Crippen LogP contribution is 2.47. The molecule has 1 aromatic heterocycles. The Kier molecular flexibility index (Phi) is 1.80. The normalized spacial score (nSPS) is 17.9. The molecule has 0 unspecified atom stereocenters. The molecule has 0 saturated heterocycles. The molecule has 2 nitrogen and oxygen atoms in total. The van der Waals surface area contributed by atoms with Gasteiger partial charge in [0.25, 0.3) is 0 Å². The Labute approximate surface area is 89.1 Å². The first-order valence-electron chi connectivity index (χ1n) is 5.39. The standard InChI is InChI=1S/C13H14N2/c14-9-13(5-6-13)11-7-10-3-1-2-4-12(10)15-8-11/h1-4,7-8H,5-6,9,14H2. The van der Waals surface area contributed by atoms with E-state index in [1.165, 1.54) is 23.8 Å². The van der Waals surface area contributed by atoms with Crippen LogP contribution in [0.25, 0.3) is 10.9 Å². The van der Waals surface area contributed by atoms with Gasteiger partial charge in [0.15, 0.2) is 0 Å². The molecule has 0 bridgehead atoms. The largest absolute Gasteiger partial charge is 0.330 e. The zero-order chi connectivity index (χ0) is 10.3. The van der Waals surface area contributed by atoms with Gasteiger partial charge in [0.05, 0.1) is 5.52 Å². The Balaban J connectivity index is 2.14. The Bertz CT molecular complexity index is 501. The van der Waals surface area contributed by atoms with Gasteiger partial charge in [-0.25, -0.2) is 0 Å². The highest BCUT2D eigenvalue weighted by atomic mass is 14.7. The summed E-state index contributed by atoms with van der Waals surface area (Å²) in [6, 6.07) is 10.5. The fourth-order valence-corrected chi connectivity index (χ4v) is 2.12. The molecular formula is C13H14N2. The lowest BCUT2D eigenvalue weighted by molar-refractivity contribution is 0.702. The van der Waals surface area contributed by atoms with Crippen LogP contribution in [0.1, 0.15) is 18.4 Å². The number of para-hydroxylation sites is 1. The fourth-order valence-electron chi connectivity index (χ4n) is 2.12. The molecule has 1 aliphatic carbocycles. The maximum Gasteiger partial charge on any atom is 0.0702 e. The third kappa shape index (κ3) is 1.33. The first-order valence-corrected chi connectivity index (χ1v) is 5.39. The Morgan fingerprint density at radius 1 is 1.27 bits per heavy atom. The second-order valence-corrected chi connectivity index (χ2v) is 4.40. The van der Waals surface area contributed by atoms with Crippen LogP contribution in [0.2, 0.25) is 0 Å². The molecule has 1 aromatic carbocycles. The summed E-state index contributed by atoms with van der Waals surface area (Å²) in [5.41, 5.74) is 8.44. The van der Waals surface area contributed by atoms with Crippen LogP contribution in [0.3, 0.4) is 0 Å². The summed E-state index contributed by atoms with van der Waals surface area (Å²) in [6.45, 7) is 0.743. The average molecular weight is 198 g/mol. The molecule has 76 valence electrons. The van der Waals surface area contributed by atoms with Gasteiger partial charge in [0.1, 0.15) is 0 Å². The van der Waals surface area contributed by atoms with Crippen molar-refractivity contribution in [1.29, 1.82) is 0 Å². The van der Waals surface area contributed by atoms with Crippen molar-refractivity contribution in [2.24, 2.45) is 5.73 Å². The van der Waals surface area contributed by atoms with E-state index < -0.39 is 0 Å². The third-order valence-electron chi connectivity index (χ3n) is 3.45. The van der Waals surface area contributed by atoms with Crippen molar-refractivity contribution in [1.82, 2.24) is 4.98 Å². The summed E-state index contributed by atoms with van der Waals surface area (Å²) in [4.78, 5) is 4.48. The van der Waals surface area contributed by atoms with Crippen molar-refractivity contribution in [3.05, 3.63) is 42.1 Å². The maximum atomic E-state index is 5.82. The zero-order valence-electron chi connectivity index (χ0n) is 8.61. The predicted octanol–water partition coefficient (Wildman–Crippen LogP) is 2.23. The summed E-state index contributed by atoms with van der Waals surface area (Å²) in [5.74, 6) is 0. The highest BCUT2D eigenvalue weighted by Gasteiger charge is 2.43. The lowest BCUT2D eigenvalue weighted by atomic mass is 9.97. The minimum Gasteiger partial charge on any atom is -0.330 e. The average Bonchev–Trinajstić information content (AvgIpc) is 3.09. The Hall–Kier alpha value is -1.41. The number of aromatic nitrogens is 1. The van der Waals surface area contributed by atoms with Crippen molar-refractivity contribution in [3.8, 4) is 0 Å². The third-order valence-corrected chi connectivity index (χ3v) is 3.45. The van der Waals surface area contributed by atoms with Gasteiger partial charge in [-0.05, 0) is 30.5 Å². The SMILES string of the molecule is NCC1(c2cnc3ccccc3c2)CC1. The van der Waals surface area contributed by atoms with E-state index in [4.69, 9.17) is 5.73 Å². The molecule has 0 amide bonds. The Morgan fingerprint density at radius 3 is 2.80 bits per heavy atom. The molecule has 0 spiro atoms. The topological polar surface area (TPSA) is 38.9 Å². The van der Waals surface area contributed by atoms with Crippen LogP contribution in [0, 0.1) is 0 Å². The molecule has 0 aliphatic heterocycles. The predicted molar refractivity (Wildman–Crippen MR) is 61.7 cm³/mol. The molecule has 2 N–H and O–H groups in total. The van der Waals surface area contributed by atoms with E-state index in [2.05, 4.69) is 23.2 Å². The molecule has 2 aromatic rings. The van der Waals surface area contributed by atoms with Crippen LogP contribution in [0.4, 0.5) is 0 Å². The summed E-state index contributed by atoms with van der Waals surface area (Å²) in [5, 5.41) is 1.22. The highest BCUT2D eigenvalue weighted by molar-refractivity contribution is 5.79. The first kappa shape index (κ1) is 8.86. The van der Waals surface area contributed by atoms with Crippen LogP contribution in [-0.4, -0.2) is 11.5 Å². The summed E-state index contributed by atoms with van der Waals surface area (Å²) < 4.78 is 0. The maximum absolute atomic E-state index is 5.82. The van der Waals surface area contributed by atoms with Crippen LogP contribution in [0.5, 0.6) is 0 Å². The van der Waals surface area contributed by atoms with Crippen LogP contribution in [-0.2, 0) is 5.41 Å². The lowest BCUT2D eigenvalue weighted by Crippen LogP contribution is -2.19. The van der Waals surface area contributed by atoms with E-state index in [0.717, 1.165) is 12.1 Å². The van der Waals surface area contributed by atoms with Gasteiger partial charge < -0.3 is 5.73 Å². The lowest BCUT2D eigenvalue weighted by Gasteiger charge is -2.12.